The number of unbranched alkanes of at least 4 members (excludes halogenated alkanes) is 1. The molecular weight excluding hydrogens is 538 g/mol. The van der Waals surface area contributed by atoms with E-state index in [0.717, 1.165) is 41.7 Å². The summed E-state index contributed by atoms with van der Waals surface area (Å²) in [6.07, 6.45) is 7.69. The van der Waals surface area contributed by atoms with E-state index in [9.17, 15) is 14.7 Å². The molecule has 3 heterocycles. The molecule has 1 aromatic carbocycles. The number of carboxylic acid groups (broad SMARTS) is 1. The predicted octanol–water partition coefficient (Wildman–Crippen LogP) is 2.98. The van der Waals surface area contributed by atoms with Crippen molar-refractivity contribution in [2.75, 3.05) is 67.8 Å². The van der Waals surface area contributed by atoms with Crippen LogP contribution in [0.5, 0.6) is 17.2 Å². The number of hydrogen-bond donors (Lipinski definition) is 1. The summed E-state index contributed by atoms with van der Waals surface area (Å²) in [6.45, 7) is 5.23. The van der Waals surface area contributed by atoms with Crippen LogP contribution in [-0.2, 0) is 23.1 Å². The maximum Gasteiger partial charge on any atom is 0.308 e. The Labute approximate surface area is 249 Å². The molecule has 1 fully saturated rings. The van der Waals surface area contributed by atoms with Crippen molar-refractivity contribution in [1.29, 1.82) is 0 Å². The van der Waals surface area contributed by atoms with Crippen LogP contribution in [-0.4, -0.2) is 115 Å². The van der Waals surface area contributed by atoms with Crippen molar-refractivity contribution >= 4 is 11.9 Å². The zero-order valence-corrected chi connectivity index (χ0v) is 26.0. The monoisotopic (exact) mass is 586 g/mol. The van der Waals surface area contributed by atoms with Crippen LogP contribution < -0.4 is 14.2 Å². The molecule has 232 valence electrons. The molecule has 2 aliphatic rings. The van der Waals surface area contributed by atoms with Crippen molar-refractivity contribution in [3.8, 4) is 17.2 Å². The molecule has 3 atom stereocenters. The SMILES string of the molecule is CCCCN(CCC[N+](C)(C)C)C(=O)CN1CC(c2cc(OC)c3c(c2)OCO3)C(C(=O)O)C1CCc1nccn1C. The molecule has 0 radical (unpaired) electrons. The van der Waals surface area contributed by atoms with Crippen molar-refractivity contribution < 1.29 is 33.4 Å². The summed E-state index contributed by atoms with van der Waals surface area (Å²) in [5.41, 5.74) is 0.811. The highest BCUT2D eigenvalue weighted by Crippen LogP contribution is 2.47. The van der Waals surface area contributed by atoms with Gasteiger partial charge in [0, 0.05) is 63.9 Å². The zero-order chi connectivity index (χ0) is 30.4. The Balaban J connectivity index is 1.61. The minimum atomic E-state index is -0.873. The summed E-state index contributed by atoms with van der Waals surface area (Å²) in [5, 5.41) is 10.6. The molecule has 2 aliphatic heterocycles. The van der Waals surface area contributed by atoms with Gasteiger partial charge in [0.1, 0.15) is 5.82 Å². The Bertz CT molecular complexity index is 1220. The van der Waals surface area contributed by atoms with Crippen LogP contribution in [0.2, 0.25) is 0 Å². The molecule has 1 saturated heterocycles. The second-order valence-electron chi connectivity index (χ2n) is 12.5. The Morgan fingerprint density at radius 1 is 1.19 bits per heavy atom. The van der Waals surface area contributed by atoms with Gasteiger partial charge in [0.15, 0.2) is 11.5 Å². The van der Waals surface area contributed by atoms with Crippen molar-refractivity contribution in [1.82, 2.24) is 19.4 Å². The lowest BCUT2D eigenvalue weighted by atomic mass is 9.83. The van der Waals surface area contributed by atoms with Gasteiger partial charge in [-0.3, -0.25) is 14.5 Å². The number of methoxy groups -OCH3 is 1. The molecule has 11 heteroatoms. The number of carbonyl (C=O) groups is 2. The minimum Gasteiger partial charge on any atom is -0.493 e. The number of carbonyl (C=O) groups excluding carboxylic acids is 1. The molecule has 0 spiro atoms. The van der Waals surface area contributed by atoms with Gasteiger partial charge in [0.05, 0.1) is 47.3 Å². The van der Waals surface area contributed by atoms with Gasteiger partial charge >= 0.3 is 5.97 Å². The Kier molecular flexibility index (Phi) is 10.4. The first-order valence-corrected chi connectivity index (χ1v) is 15.0. The van der Waals surface area contributed by atoms with E-state index < -0.39 is 11.9 Å². The lowest BCUT2D eigenvalue weighted by Crippen LogP contribution is -2.45. The van der Waals surface area contributed by atoms with Crippen LogP contribution in [0.3, 0.4) is 0 Å². The van der Waals surface area contributed by atoms with Crippen LogP contribution in [0.25, 0.3) is 0 Å². The van der Waals surface area contributed by atoms with Crippen molar-refractivity contribution in [2.45, 2.75) is 51.0 Å². The average molecular weight is 587 g/mol. The molecule has 0 bridgehead atoms. The second-order valence-corrected chi connectivity index (χ2v) is 12.5. The molecular formula is C31H48N5O6+. The number of aliphatic carboxylic acids is 1. The first-order chi connectivity index (χ1) is 20.0. The fraction of sp³-hybridized carbons (Fsp3) is 0.645. The third kappa shape index (κ3) is 7.55. The third-order valence-electron chi connectivity index (χ3n) is 8.46. The average Bonchev–Trinajstić information content (AvgIpc) is 3.66. The van der Waals surface area contributed by atoms with Gasteiger partial charge in [-0.15, -0.1) is 0 Å². The van der Waals surface area contributed by atoms with E-state index in [4.69, 9.17) is 14.2 Å². The Morgan fingerprint density at radius 2 is 1.95 bits per heavy atom. The van der Waals surface area contributed by atoms with Crippen LogP contribution in [0, 0.1) is 5.92 Å². The maximum absolute atomic E-state index is 13.8. The molecule has 3 unspecified atom stereocenters. The highest BCUT2D eigenvalue weighted by Gasteiger charge is 2.47. The number of nitrogens with zero attached hydrogens (tertiary/aromatic N) is 5. The number of benzene rings is 1. The normalized spacial score (nSPS) is 20.2. The first kappa shape index (κ1) is 31.6. The number of aryl methyl sites for hydroxylation is 2. The van der Waals surface area contributed by atoms with Gasteiger partial charge in [-0.05, 0) is 30.5 Å². The van der Waals surface area contributed by atoms with E-state index >= 15 is 0 Å². The standard InChI is InChI=1S/C31H47N5O6/c1-7-8-13-34(14-9-16-36(3,4)5)28(37)20-35-19-23(22-17-25(40-6)30-26(18-22)41-21-42-30)29(31(38)39)24(35)10-11-27-32-12-15-33(27)2/h12,15,17-18,23-24,29H,7-11,13-14,16,19-21H2,1-6H3/p+1. The van der Waals surface area contributed by atoms with Gasteiger partial charge in [0.2, 0.25) is 18.4 Å². The molecule has 1 aromatic heterocycles. The molecule has 4 rings (SSSR count). The van der Waals surface area contributed by atoms with E-state index in [1.54, 1.807) is 13.3 Å². The molecule has 0 aliphatic carbocycles. The van der Waals surface area contributed by atoms with E-state index in [-0.39, 0.29) is 31.2 Å². The molecule has 2 aromatic rings. The minimum absolute atomic E-state index is 0.0555. The predicted molar refractivity (Wildman–Crippen MR) is 159 cm³/mol. The lowest BCUT2D eigenvalue weighted by Gasteiger charge is -2.30. The summed E-state index contributed by atoms with van der Waals surface area (Å²) in [7, 11) is 9.98. The summed E-state index contributed by atoms with van der Waals surface area (Å²) in [4.78, 5) is 35.3. The van der Waals surface area contributed by atoms with E-state index in [1.165, 1.54) is 0 Å². The molecule has 1 N–H and O–H groups in total. The summed E-state index contributed by atoms with van der Waals surface area (Å²) in [5.74, 6) is 0.607. The van der Waals surface area contributed by atoms with Crippen molar-refractivity contribution in [2.24, 2.45) is 13.0 Å². The number of rotatable bonds is 15. The van der Waals surface area contributed by atoms with E-state index in [2.05, 4.69) is 38.0 Å². The fourth-order valence-corrected chi connectivity index (χ4v) is 6.19. The highest BCUT2D eigenvalue weighted by atomic mass is 16.7. The second kappa shape index (κ2) is 13.8. The number of hydrogen-bond acceptors (Lipinski definition) is 7. The fourth-order valence-electron chi connectivity index (χ4n) is 6.19. The zero-order valence-electron chi connectivity index (χ0n) is 26.0. The van der Waals surface area contributed by atoms with Gasteiger partial charge in [-0.25, -0.2) is 4.98 Å². The van der Waals surface area contributed by atoms with Crippen LogP contribution in [0.1, 0.15) is 49.9 Å². The molecule has 0 saturated carbocycles. The lowest BCUT2D eigenvalue weighted by molar-refractivity contribution is -0.870. The van der Waals surface area contributed by atoms with Crippen molar-refractivity contribution in [3.63, 3.8) is 0 Å². The number of aromatic nitrogens is 2. The Morgan fingerprint density at radius 3 is 2.60 bits per heavy atom. The van der Waals surface area contributed by atoms with Gasteiger partial charge < -0.3 is 33.3 Å². The highest BCUT2D eigenvalue weighted by molar-refractivity contribution is 5.79. The first-order valence-electron chi connectivity index (χ1n) is 15.0. The molecule has 1 amide bonds. The topological polar surface area (TPSA) is 106 Å². The number of ether oxygens (including phenoxy) is 3. The smallest absolute Gasteiger partial charge is 0.308 e. The summed E-state index contributed by atoms with van der Waals surface area (Å²) < 4.78 is 19.6. The van der Waals surface area contributed by atoms with E-state index in [0.29, 0.717) is 49.7 Å². The molecule has 42 heavy (non-hydrogen) atoms. The summed E-state index contributed by atoms with van der Waals surface area (Å²) in [6, 6.07) is 3.38. The van der Waals surface area contributed by atoms with Gasteiger partial charge in [-0.2, -0.15) is 0 Å². The number of amides is 1. The number of imidazole rings is 1. The van der Waals surface area contributed by atoms with Gasteiger partial charge in [-0.1, -0.05) is 13.3 Å². The molecule has 11 nitrogen and oxygen atoms in total. The van der Waals surface area contributed by atoms with Crippen LogP contribution >= 0.6 is 0 Å². The van der Waals surface area contributed by atoms with Crippen LogP contribution in [0.4, 0.5) is 0 Å². The van der Waals surface area contributed by atoms with Crippen molar-refractivity contribution in [3.05, 3.63) is 35.9 Å². The van der Waals surface area contributed by atoms with Gasteiger partial charge in [0.25, 0.3) is 0 Å². The van der Waals surface area contributed by atoms with E-state index in [1.807, 2.05) is 34.8 Å². The Hall–Kier alpha value is -3.31. The summed E-state index contributed by atoms with van der Waals surface area (Å²) >= 11 is 0. The third-order valence-corrected chi connectivity index (χ3v) is 8.46. The number of quaternary nitrogens is 1. The quantitative estimate of drug-likeness (QED) is 0.318. The number of fused-ring (bicyclic) bond motifs is 1. The number of likely N-dealkylation sites (tertiary alicyclic amines) is 1. The van der Waals surface area contributed by atoms with Crippen LogP contribution in [0.15, 0.2) is 24.5 Å². The largest absolute Gasteiger partial charge is 0.493 e. The maximum atomic E-state index is 13.8. The number of carboxylic acids is 1.